The molecule has 0 aromatic carbocycles. The van der Waals surface area contributed by atoms with Crippen molar-refractivity contribution in [3.05, 3.63) is 83.6 Å². The molecular weight excluding hydrogens is 406 g/mol. The Kier molecular flexibility index (Phi) is 11.0. The van der Waals surface area contributed by atoms with E-state index in [1.165, 1.54) is 29.5 Å². The number of nitrogens with zero attached hydrogens (tertiary/aromatic N) is 3. The Balaban J connectivity index is 0.000000181. The first-order valence-corrected chi connectivity index (χ1v) is 12.2. The van der Waals surface area contributed by atoms with Crippen molar-refractivity contribution in [2.45, 2.75) is 79.1 Å². The molecule has 0 N–H and O–H groups in total. The summed E-state index contributed by atoms with van der Waals surface area (Å²) in [4.78, 5) is 12.5. The van der Waals surface area contributed by atoms with E-state index in [1.54, 1.807) is 6.20 Å². The van der Waals surface area contributed by atoms with E-state index < -0.39 is 0 Å². The lowest BCUT2D eigenvalue weighted by atomic mass is 10.1. The van der Waals surface area contributed by atoms with Gasteiger partial charge in [-0.05, 0) is 72.3 Å². The molecule has 0 bridgehead atoms. The van der Waals surface area contributed by atoms with E-state index in [2.05, 4.69) is 80.8 Å². The van der Waals surface area contributed by atoms with Gasteiger partial charge in [-0.2, -0.15) is 0 Å². The summed E-state index contributed by atoms with van der Waals surface area (Å²) in [5, 5.41) is 0. The fraction of sp³-hybridized carbons (Fsp3) is 0.483. The Hall–Kier alpha value is -2.75. The van der Waals surface area contributed by atoms with Gasteiger partial charge in [0.05, 0.1) is 6.61 Å². The summed E-state index contributed by atoms with van der Waals surface area (Å²) in [5.41, 5.74) is 4.97. The number of ether oxygens (including phenoxy) is 1. The van der Waals surface area contributed by atoms with Gasteiger partial charge >= 0.3 is 0 Å². The molecule has 1 aliphatic rings. The first-order valence-electron chi connectivity index (χ1n) is 12.2. The predicted octanol–water partition coefficient (Wildman–Crippen LogP) is 7.71. The van der Waals surface area contributed by atoms with Gasteiger partial charge in [-0.3, -0.25) is 9.97 Å². The van der Waals surface area contributed by atoms with E-state index in [0.29, 0.717) is 17.8 Å². The standard InChI is InChI=1S/C12H17NO.C9H13N.C8H11N/c1-9(2)11-5-6-12(13-7-11)14-8-10-3-4-10;1-7(2)9-5-4-8(3)10-6-9;1-7(2)8-4-3-5-9-6-8/h5-7,9-10H,3-4,8H2,1-2H3;4-7H,1-3H3;3-7H,1-2H3. The summed E-state index contributed by atoms with van der Waals surface area (Å²) in [7, 11) is 0. The van der Waals surface area contributed by atoms with Crippen molar-refractivity contribution in [1.29, 1.82) is 0 Å². The molecular formula is C29H41N3O. The highest BCUT2D eigenvalue weighted by Crippen LogP contribution is 2.29. The van der Waals surface area contributed by atoms with Crippen LogP contribution in [0, 0.1) is 12.8 Å². The molecule has 0 amide bonds. The van der Waals surface area contributed by atoms with Crippen LogP contribution < -0.4 is 4.74 Å². The van der Waals surface area contributed by atoms with Crippen molar-refractivity contribution in [2.24, 2.45) is 5.92 Å². The van der Waals surface area contributed by atoms with Crippen LogP contribution in [-0.2, 0) is 0 Å². The summed E-state index contributed by atoms with van der Waals surface area (Å²) in [5.74, 6) is 3.29. The number of hydrogen-bond acceptors (Lipinski definition) is 4. The number of aryl methyl sites for hydroxylation is 1. The van der Waals surface area contributed by atoms with Crippen molar-refractivity contribution in [3.63, 3.8) is 0 Å². The Morgan fingerprint density at radius 3 is 1.73 bits per heavy atom. The van der Waals surface area contributed by atoms with Crippen LogP contribution in [-0.4, -0.2) is 21.6 Å². The molecule has 3 aromatic rings. The topological polar surface area (TPSA) is 47.9 Å². The lowest BCUT2D eigenvalue weighted by Crippen LogP contribution is -2.01. The molecule has 178 valence electrons. The van der Waals surface area contributed by atoms with Crippen LogP contribution in [0.5, 0.6) is 5.88 Å². The summed E-state index contributed by atoms with van der Waals surface area (Å²) in [6.07, 6.45) is 10.2. The largest absolute Gasteiger partial charge is 0.477 e. The van der Waals surface area contributed by atoms with Gasteiger partial charge in [-0.1, -0.05) is 59.7 Å². The normalized spacial score (nSPS) is 12.7. The van der Waals surface area contributed by atoms with Crippen LogP contribution in [0.2, 0.25) is 0 Å². The second-order valence-electron chi connectivity index (χ2n) is 9.67. The minimum Gasteiger partial charge on any atom is -0.477 e. The van der Waals surface area contributed by atoms with E-state index >= 15 is 0 Å². The third-order valence-electron chi connectivity index (χ3n) is 5.54. The molecule has 1 saturated carbocycles. The molecule has 0 saturated heterocycles. The monoisotopic (exact) mass is 447 g/mol. The quantitative estimate of drug-likeness (QED) is 0.388. The zero-order valence-electron chi connectivity index (χ0n) is 21.5. The molecule has 3 aromatic heterocycles. The molecule has 1 fully saturated rings. The molecule has 0 spiro atoms. The van der Waals surface area contributed by atoms with E-state index in [4.69, 9.17) is 4.74 Å². The Morgan fingerprint density at radius 2 is 1.33 bits per heavy atom. The third kappa shape index (κ3) is 10.6. The minimum atomic E-state index is 0.542. The highest BCUT2D eigenvalue weighted by molar-refractivity contribution is 5.20. The first kappa shape index (κ1) is 26.5. The molecule has 0 aliphatic heterocycles. The van der Waals surface area contributed by atoms with Crippen molar-refractivity contribution < 1.29 is 4.74 Å². The maximum atomic E-state index is 5.55. The van der Waals surface area contributed by atoms with Gasteiger partial charge in [-0.25, -0.2) is 4.98 Å². The molecule has 0 atom stereocenters. The highest BCUT2D eigenvalue weighted by atomic mass is 16.5. The Bertz CT molecular complexity index is 900. The fourth-order valence-corrected chi connectivity index (χ4v) is 2.84. The van der Waals surface area contributed by atoms with Crippen LogP contribution in [0.4, 0.5) is 0 Å². The summed E-state index contributed by atoms with van der Waals surface area (Å²) in [6, 6.07) is 12.3. The number of pyridine rings is 3. The van der Waals surface area contributed by atoms with Gasteiger partial charge in [0.25, 0.3) is 0 Å². The number of aromatic nitrogens is 3. The predicted molar refractivity (Wildman–Crippen MR) is 138 cm³/mol. The number of hydrogen-bond donors (Lipinski definition) is 0. The van der Waals surface area contributed by atoms with Crippen molar-refractivity contribution in [3.8, 4) is 5.88 Å². The highest BCUT2D eigenvalue weighted by Gasteiger charge is 2.22. The van der Waals surface area contributed by atoms with E-state index in [0.717, 1.165) is 24.1 Å². The summed E-state index contributed by atoms with van der Waals surface area (Å²) >= 11 is 0. The third-order valence-corrected chi connectivity index (χ3v) is 5.54. The molecule has 0 radical (unpaired) electrons. The van der Waals surface area contributed by atoms with Crippen LogP contribution in [0.3, 0.4) is 0 Å². The van der Waals surface area contributed by atoms with E-state index in [9.17, 15) is 0 Å². The van der Waals surface area contributed by atoms with Crippen LogP contribution >= 0.6 is 0 Å². The SMILES string of the molecule is CC(C)c1ccc(OCC2CC2)nc1.CC(C)c1cccnc1.Cc1ccc(C(C)C)cn1. The van der Waals surface area contributed by atoms with Crippen molar-refractivity contribution >= 4 is 0 Å². The maximum absolute atomic E-state index is 5.55. The molecule has 33 heavy (non-hydrogen) atoms. The van der Waals surface area contributed by atoms with Gasteiger partial charge < -0.3 is 4.74 Å². The van der Waals surface area contributed by atoms with Gasteiger partial charge in [0, 0.05) is 36.5 Å². The molecule has 3 heterocycles. The van der Waals surface area contributed by atoms with Crippen LogP contribution in [0.15, 0.2) is 61.2 Å². The summed E-state index contributed by atoms with van der Waals surface area (Å²) < 4.78 is 5.55. The van der Waals surface area contributed by atoms with Gasteiger partial charge in [0.1, 0.15) is 0 Å². The van der Waals surface area contributed by atoms with Gasteiger partial charge in [0.15, 0.2) is 0 Å². The second kappa shape index (κ2) is 13.7. The Labute approximate surface area is 200 Å². The van der Waals surface area contributed by atoms with Crippen LogP contribution in [0.1, 0.15) is 94.5 Å². The number of rotatable bonds is 6. The zero-order valence-corrected chi connectivity index (χ0v) is 21.5. The molecule has 4 rings (SSSR count). The lowest BCUT2D eigenvalue weighted by molar-refractivity contribution is 0.288. The van der Waals surface area contributed by atoms with E-state index in [-0.39, 0.29) is 0 Å². The molecule has 4 nitrogen and oxygen atoms in total. The van der Waals surface area contributed by atoms with Gasteiger partial charge in [0.2, 0.25) is 5.88 Å². The summed E-state index contributed by atoms with van der Waals surface area (Å²) in [6.45, 7) is 15.9. The molecule has 1 aliphatic carbocycles. The van der Waals surface area contributed by atoms with Crippen molar-refractivity contribution in [1.82, 2.24) is 15.0 Å². The maximum Gasteiger partial charge on any atom is 0.213 e. The van der Waals surface area contributed by atoms with E-state index in [1.807, 2.05) is 37.6 Å². The fourth-order valence-electron chi connectivity index (χ4n) is 2.84. The lowest BCUT2D eigenvalue weighted by Gasteiger charge is -2.07. The van der Waals surface area contributed by atoms with Crippen molar-refractivity contribution in [2.75, 3.05) is 6.61 Å². The molecule has 4 heteroatoms. The zero-order chi connectivity index (χ0) is 24.2. The van der Waals surface area contributed by atoms with Crippen LogP contribution in [0.25, 0.3) is 0 Å². The average molecular weight is 448 g/mol. The average Bonchev–Trinajstić information content (AvgIpc) is 3.64. The Morgan fingerprint density at radius 1 is 0.758 bits per heavy atom. The first-order chi connectivity index (χ1) is 15.8. The molecule has 0 unspecified atom stereocenters. The second-order valence-corrected chi connectivity index (χ2v) is 9.67. The minimum absolute atomic E-state index is 0.542. The smallest absolute Gasteiger partial charge is 0.213 e. The van der Waals surface area contributed by atoms with Gasteiger partial charge in [-0.15, -0.1) is 0 Å².